The largest absolute Gasteiger partial charge is 0.473 e. The second kappa shape index (κ2) is 1.87. The summed E-state index contributed by atoms with van der Waals surface area (Å²) < 4.78 is 4.81. The predicted octanol–water partition coefficient (Wildman–Crippen LogP) is 0.390. The van der Waals surface area contributed by atoms with Crippen LogP contribution >= 0.6 is 0 Å². The molecule has 0 amide bonds. The van der Waals surface area contributed by atoms with Gasteiger partial charge in [0.05, 0.1) is 12.5 Å². The molecular formula is C5H7BO. The summed E-state index contributed by atoms with van der Waals surface area (Å²) in [5.41, 5.74) is 1.26. The molecule has 0 bridgehead atoms. The van der Waals surface area contributed by atoms with Crippen LogP contribution in [0.2, 0.25) is 6.82 Å². The summed E-state index contributed by atoms with van der Waals surface area (Å²) in [5.74, 6) is 0. The first-order valence-corrected chi connectivity index (χ1v) is 2.44. The fourth-order valence-corrected chi connectivity index (χ4v) is 0.494. The van der Waals surface area contributed by atoms with Crippen LogP contribution < -0.4 is 5.46 Å². The molecule has 36 valence electrons. The van der Waals surface area contributed by atoms with Crippen LogP contribution in [0.15, 0.2) is 23.0 Å². The molecule has 0 aliphatic carbocycles. The minimum atomic E-state index is 1.07. The van der Waals surface area contributed by atoms with Crippen LogP contribution in [0.1, 0.15) is 0 Å². The van der Waals surface area contributed by atoms with Crippen molar-refractivity contribution in [2.24, 2.45) is 0 Å². The van der Waals surface area contributed by atoms with Gasteiger partial charge in [-0.1, -0.05) is 6.82 Å². The molecule has 0 unspecified atom stereocenters. The molecule has 1 aromatic heterocycles. The minimum absolute atomic E-state index is 1.07. The molecule has 0 radical (unpaired) electrons. The third kappa shape index (κ3) is 0.859. The summed E-state index contributed by atoms with van der Waals surface area (Å²) >= 11 is 0. The molecule has 2 heteroatoms. The smallest absolute Gasteiger partial charge is 0.158 e. The lowest BCUT2D eigenvalue weighted by Gasteiger charge is -1.73. The molecule has 0 aromatic carbocycles. The summed E-state index contributed by atoms with van der Waals surface area (Å²) in [4.78, 5) is 0. The van der Waals surface area contributed by atoms with Gasteiger partial charge in [0.25, 0.3) is 0 Å². The van der Waals surface area contributed by atoms with Crippen molar-refractivity contribution in [3.63, 3.8) is 0 Å². The van der Waals surface area contributed by atoms with Gasteiger partial charge in [-0.25, -0.2) is 0 Å². The number of hydrogen-bond donors (Lipinski definition) is 0. The van der Waals surface area contributed by atoms with E-state index in [4.69, 9.17) is 4.42 Å². The van der Waals surface area contributed by atoms with Crippen LogP contribution in [-0.2, 0) is 0 Å². The highest BCUT2D eigenvalue weighted by atomic mass is 16.3. The second-order valence-corrected chi connectivity index (χ2v) is 1.49. The van der Waals surface area contributed by atoms with Crippen molar-refractivity contribution in [1.82, 2.24) is 0 Å². The Morgan fingerprint density at radius 3 is 2.86 bits per heavy atom. The van der Waals surface area contributed by atoms with Gasteiger partial charge in [0.1, 0.15) is 0 Å². The van der Waals surface area contributed by atoms with Gasteiger partial charge in [0.15, 0.2) is 7.28 Å². The van der Waals surface area contributed by atoms with Gasteiger partial charge in [0, 0.05) is 0 Å². The van der Waals surface area contributed by atoms with E-state index in [2.05, 4.69) is 6.82 Å². The Hall–Kier alpha value is -0.655. The molecule has 0 spiro atoms. The molecule has 0 saturated carbocycles. The molecule has 0 aliphatic heterocycles. The SMILES string of the molecule is CBc1ccoc1. The fourth-order valence-electron chi connectivity index (χ4n) is 0.494. The van der Waals surface area contributed by atoms with Crippen LogP contribution in [0.25, 0.3) is 0 Å². The van der Waals surface area contributed by atoms with Crippen LogP contribution in [-0.4, -0.2) is 7.28 Å². The third-order valence-electron chi connectivity index (χ3n) is 0.988. The third-order valence-corrected chi connectivity index (χ3v) is 0.988. The Kier molecular flexibility index (Phi) is 1.20. The van der Waals surface area contributed by atoms with Gasteiger partial charge in [-0.05, 0) is 11.5 Å². The van der Waals surface area contributed by atoms with Crippen LogP contribution in [0.5, 0.6) is 0 Å². The first-order chi connectivity index (χ1) is 3.43. The summed E-state index contributed by atoms with van der Waals surface area (Å²) in [6.07, 6.45) is 3.46. The van der Waals surface area contributed by atoms with Crippen LogP contribution in [0.4, 0.5) is 0 Å². The summed E-state index contributed by atoms with van der Waals surface area (Å²) in [7, 11) is 1.07. The van der Waals surface area contributed by atoms with Gasteiger partial charge in [0.2, 0.25) is 0 Å². The van der Waals surface area contributed by atoms with Gasteiger partial charge < -0.3 is 4.42 Å². The van der Waals surface area contributed by atoms with Crippen molar-refractivity contribution < 1.29 is 4.42 Å². The maximum atomic E-state index is 4.81. The average molecular weight is 93.9 g/mol. The van der Waals surface area contributed by atoms with Crippen molar-refractivity contribution in [3.05, 3.63) is 18.6 Å². The number of rotatable bonds is 1. The van der Waals surface area contributed by atoms with Crippen molar-refractivity contribution in [2.75, 3.05) is 0 Å². The lowest BCUT2D eigenvalue weighted by atomic mass is 9.75. The molecule has 1 aromatic rings. The van der Waals surface area contributed by atoms with Gasteiger partial charge >= 0.3 is 0 Å². The predicted molar refractivity (Wildman–Crippen MR) is 31.4 cm³/mol. The molecule has 0 saturated heterocycles. The number of furan rings is 1. The lowest BCUT2D eigenvalue weighted by molar-refractivity contribution is 0.569. The van der Waals surface area contributed by atoms with E-state index < -0.39 is 0 Å². The van der Waals surface area contributed by atoms with E-state index in [1.807, 2.05) is 6.07 Å². The molecular weight excluding hydrogens is 86.9 g/mol. The molecule has 0 N–H and O–H groups in total. The summed E-state index contributed by atoms with van der Waals surface area (Å²) in [6, 6.07) is 1.97. The summed E-state index contributed by atoms with van der Waals surface area (Å²) in [5, 5.41) is 0. The maximum absolute atomic E-state index is 4.81. The summed E-state index contributed by atoms with van der Waals surface area (Å²) in [6.45, 7) is 2.10. The quantitative estimate of drug-likeness (QED) is 0.458. The first kappa shape index (κ1) is 4.50. The topological polar surface area (TPSA) is 13.1 Å². The van der Waals surface area contributed by atoms with Gasteiger partial charge in [-0.15, -0.1) is 0 Å². The zero-order valence-electron chi connectivity index (χ0n) is 4.35. The minimum Gasteiger partial charge on any atom is -0.473 e. The van der Waals surface area contributed by atoms with Crippen molar-refractivity contribution in [2.45, 2.75) is 6.82 Å². The fraction of sp³-hybridized carbons (Fsp3) is 0.200. The van der Waals surface area contributed by atoms with E-state index in [9.17, 15) is 0 Å². The van der Waals surface area contributed by atoms with Crippen LogP contribution in [0.3, 0.4) is 0 Å². The maximum Gasteiger partial charge on any atom is 0.158 e. The Morgan fingerprint density at radius 2 is 2.57 bits per heavy atom. The Labute approximate surface area is 43.6 Å². The highest BCUT2D eigenvalue weighted by molar-refractivity contribution is 6.51. The Bertz CT molecular complexity index is 123. The normalized spacial score (nSPS) is 8.71. The zero-order valence-corrected chi connectivity index (χ0v) is 4.35. The molecule has 0 atom stereocenters. The average Bonchev–Trinajstić information content (AvgIpc) is 2.14. The lowest BCUT2D eigenvalue weighted by Crippen LogP contribution is -2.04. The molecule has 7 heavy (non-hydrogen) atoms. The van der Waals surface area contributed by atoms with E-state index in [1.165, 1.54) is 5.46 Å². The molecule has 1 nitrogen and oxygen atoms in total. The molecule has 0 fully saturated rings. The Morgan fingerprint density at radius 1 is 1.71 bits per heavy atom. The van der Waals surface area contributed by atoms with Crippen LogP contribution in [0, 0.1) is 0 Å². The van der Waals surface area contributed by atoms with E-state index in [-0.39, 0.29) is 0 Å². The highest BCUT2D eigenvalue weighted by Gasteiger charge is 1.86. The van der Waals surface area contributed by atoms with E-state index >= 15 is 0 Å². The molecule has 0 aliphatic rings. The van der Waals surface area contributed by atoms with E-state index in [0.29, 0.717) is 0 Å². The van der Waals surface area contributed by atoms with Crippen molar-refractivity contribution in [3.8, 4) is 0 Å². The van der Waals surface area contributed by atoms with Gasteiger partial charge in [-0.3, -0.25) is 0 Å². The van der Waals surface area contributed by atoms with E-state index in [0.717, 1.165) is 7.28 Å². The monoisotopic (exact) mass is 94.1 g/mol. The Balaban J connectivity index is 2.76. The second-order valence-electron chi connectivity index (χ2n) is 1.49. The first-order valence-electron chi connectivity index (χ1n) is 2.44. The van der Waals surface area contributed by atoms with Crippen molar-refractivity contribution in [1.29, 1.82) is 0 Å². The number of hydrogen-bond acceptors (Lipinski definition) is 1. The highest BCUT2D eigenvalue weighted by Crippen LogP contribution is 1.78. The standard InChI is InChI=1S/C5H7BO/c1-6-5-2-3-7-4-5/h2-4,6H,1H3. The van der Waals surface area contributed by atoms with Crippen molar-refractivity contribution >= 4 is 12.7 Å². The zero-order chi connectivity index (χ0) is 5.11. The van der Waals surface area contributed by atoms with Gasteiger partial charge in [-0.2, -0.15) is 0 Å². The van der Waals surface area contributed by atoms with E-state index in [1.54, 1.807) is 12.5 Å². The molecule has 1 rings (SSSR count). The molecule has 1 heterocycles.